The number of benzene rings is 2. The molecule has 0 saturated carbocycles. The Morgan fingerprint density at radius 2 is 2.07 bits per heavy atom. The number of rotatable bonds is 13. The van der Waals surface area contributed by atoms with Crippen molar-refractivity contribution in [3.05, 3.63) is 60.7 Å². The molecule has 1 fully saturated rings. The van der Waals surface area contributed by atoms with Gasteiger partial charge in [-0.05, 0) is 31.5 Å². The fraction of sp³-hybridized carbons (Fsp3) is 0.333. The summed E-state index contributed by atoms with van der Waals surface area (Å²) in [5, 5.41) is 10.2. The number of nitrogens with one attached hydrogen (secondary N) is 2. The summed E-state index contributed by atoms with van der Waals surface area (Å²) in [5.41, 5.74) is 0.770. The Kier molecular flexibility index (Phi) is 9.66. The van der Waals surface area contributed by atoms with Gasteiger partial charge < -0.3 is 29.9 Å². The maximum atomic E-state index is 13.9. The van der Waals surface area contributed by atoms with Crippen molar-refractivity contribution in [3.63, 3.8) is 0 Å². The van der Waals surface area contributed by atoms with Crippen molar-refractivity contribution < 1.29 is 41.9 Å². The first kappa shape index (κ1) is 31.2. The van der Waals surface area contributed by atoms with Crippen molar-refractivity contribution >= 4 is 41.8 Å². The monoisotopic (exact) mass is 633 g/mol. The van der Waals surface area contributed by atoms with E-state index in [1.165, 1.54) is 36.4 Å². The molecule has 1 saturated heterocycles. The normalized spacial score (nSPS) is 15.4. The molecule has 234 valence electrons. The number of carbonyl (C=O) groups excluding carboxylic acids is 1. The van der Waals surface area contributed by atoms with Gasteiger partial charge in [-0.3, -0.25) is 18.9 Å². The molecule has 1 aliphatic rings. The highest BCUT2D eigenvalue weighted by molar-refractivity contribution is 7.46. The molecular weight excluding hydrogens is 603 g/mol. The Hall–Kier alpha value is -4.21. The summed E-state index contributed by atoms with van der Waals surface area (Å²) in [6.45, 7) is 1.32. The summed E-state index contributed by atoms with van der Waals surface area (Å²) in [4.78, 5) is 41.1. The molecule has 17 heteroatoms. The van der Waals surface area contributed by atoms with Crippen molar-refractivity contribution in [2.24, 2.45) is 0 Å². The number of likely N-dealkylation sites (tertiary alicyclic amines) is 1. The molecule has 4 aromatic rings. The number of nitrogens with zero attached hydrogens (tertiary/aromatic N) is 5. The van der Waals surface area contributed by atoms with E-state index in [2.05, 4.69) is 35.1 Å². The first-order chi connectivity index (χ1) is 21.1. The first-order valence-electron chi connectivity index (χ1n) is 13.5. The van der Waals surface area contributed by atoms with Gasteiger partial charge in [-0.1, -0.05) is 6.07 Å². The van der Waals surface area contributed by atoms with E-state index in [1.54, 1.807) is 18.3 Å². The van der Waals surface area contributed by atoms with Crippen LogP contribution in [0.4, 0.5) is 26.0 Å². The number of ether oxygens (including phenoxy) is 2. The summed E-state index contributed by atoms with van der Waals surface area (Å²) in [6.07, 6.45) is 6.07. The molecule has 0 spiro atoms. The zero-order valence-electron chi connectivity index (χ0n) is 23.5. The Bertz CT molecular complexity index is 1690. The molecule has 1 atom stereocenters. The van der Waals surface area contributed by atoms with Gasteiger partial charge in [-0.2, -0.15) is 5.10 Å². The smallest absolute Gasteiger partial charge is 0.469 e. The van der Waals surface area contributed by atoms with Crippen molar-refractivity contribution in [2.45, 2.75) is 25.4 Å². The molecule has 44 heavy (non-hydrogen) atoms. The molecule has 0 bridgehead atoms. The van der Waals surface area contributed by atoms with Crippen LogP contribution in [0.5, 0.6) is 11.5 Å². The number of phosphoric ester groups is 1. The molecule has 0 aliphatic carbocycles. The molecule has 4 N–H and O–H groups in total. The molecular formula is C27H30F2N7O7P. The van der Waals surface area contributed by atoms with Crippen LogP contribution in [-0.4, -0.2) is 79.8 Å². The largest absolute Gasteiger partial charge is 0.496 e. The number of anilines is 3. The second-order valence-electron chi connectivity index (χ2n) is 9.91. The van der Waals surface area contributed by atoms with Crippen LogP contribution in [0.3, 0.4) is 0 Å². The average molecular weight is 634 g/mol. The lowest BCUT2D eigenvalue weighted by atomic mass is 10.2. The first-order valence-corrected chi connectivity index (χ1v) is 15.1. The van der Waals surface area contributed by atoms with Crippen LogP contribution in [-0.2, 0) is 20.4 Å². The van der Waals surface area contributed by atoms with E-state index in [4.69, 9.17) is 19.3 Å². The molecule has 1 amide bonds. The van der Waals surface area contributed by atoms with Crippen LogP contribution >= 0.6 is 7.82 Å². The van der Waals surface area contributed by atoms with Crippen molar-refractivity contribution in [1.82, 2.24) is 24.6 Å². The molecule has 14 nitrogen and oxygen atoms in total. The van der Waals surface area contributed by atoms with E-state index in [0.717, 1.165) is 25.5 Å². The summed E-state index contributed by atoms with van der Waals surface area (Å²) >= 11 is 0. The number of carbonyl (C=O) groups is 1. The highest BCUT2D eigenvalue weighted by atomic mass is 31.2. The van der Waals surface area contributed by atoms with Crippen molar-refractivity contribution in [1.29, 1.82) is 0 Å². The number of hydrogen-bond donors (Lipinski definition) is 4. The van der Waals surface area contributed by atoms with Gasteiger partial charge in [0.15, 0.2) is 11.6 Å². The second kappa shape index (κ2) is 13.6. The predicted octanol–water partition coefficient (Wildman–Crippen LogP) is 3.45. The number of fused-ring (bicyclic) bond motifs is 1. The standard InChI is InChI=1S/C27H30F2N7O7P/c1-41-23-11-19(42-9-8-35-7-3-4-18(35)15-43-44(38,39)40)10-22-25(23)27(31-16-30-22)33-17-12-32-36(13-17)14-24(37)34-21-6-2-5-20(28)26(21)29/h2,5-6,10-13,16,18H,3-4,7-9,14-15H2,1H3,(H,34,37)(H,30,31,33)(H2,38,39,40)/t18-/m1/s1. The van der Waals surface area contributed by atoms with Gasteiger partial charge in [0, 0.05) is 30.9 Å². The highest BCUT2D eigenvalue weighted by Crippen LogP contribution is 2.37. The summed E-state index contributed by atoms with van der Waals surface area (Å²) in [7, 11) is -3.03. The van der Waals surface area contributed by atoms with Crippen molar-refractivity contribution in [2.75, 3.05) is 44.0 Å². The number of phosphoric acid groups is 1. The Labute approximate surface area is 250 Å². The summed E-state index contributed by atoms with van der Waals surface area (Å²) < 4.78 is 56.0. The molecule has 1 aliphatic heterocycles. The van der Waals surface area contributed by atoms with Gasteiger partial charge in [0.2, 0.25) is 5.91 Å². The summed E-state index contributed by atoms with van der Waals surface area (Å²) in [6, 6.07) is 6.85. The van der Waals surface area contributed by atoms with Gasteiger partial charge in [-0.15, -0.1) is 0 Å². The molecule has 0 unspecified atom stereocenters. The van der Waals surface area contributed by atoms with Crippen molar-refractivity contribution in [3.8, 4) is 11.5 Å². The van der Waals surface area contributed by atoms with E-state index in [-0.39, 0.29) is 24.9 Å². The molecule has 3 heterocycles. The van der Waals surface area contributed by atoms with Crippen LogP contribution in [0, 0.1) is 11.6 Å². The molecule has 2 aromatic heterocycles. The maximum absolute atomic E-state index is 13.9. The van der Waals surface area contributed by atoms with E-state index in [0.29, 0.717) is 47.1 Å². The number of halogens is 2. The zero-order chi connectivity index (χ0) is 31.3. The fourth-order valence-corrected chi connectivity index (χ4v) is 5.27. The second-order valence-corrected chi connectivity index (χ2v) is 11.1. The van der Waals surface area contributed by atoms with Gasteiger partial charge in [0.05, 0.1) is 42.2 Å². The third kappa shape index (κ3) is 7.84. The molecule has 2 aromatic carbocycles. The minimum Gasteiger partial charge on any atom is -0.496 e. The maximum Gasteiger partial charge on any atom is 0.469 e. The third-order valence-corrected chi connectivity index (χ3v) is 7.39. The number of hydrogen-bond acceptors (Lipinski definition) is 10. The van der Waals surface area contributed by atoms with E-state index < -0.39 is 25.4 Å². The van der Waals surface area contributed by atoms with E-state index in [9.17, 15) is 18.1 Å². The summed E-state index contributed by atoms with van der Waals surface area (Å²) in [5.74, 6) is -1.44. The van der Waals surface area contributed by atoms with Crippen LogP contribution < -0.4 is 20.1 Å². The lowest BCUT2D eigenvalue weighted by Crippen LogP contribution is -2.36. The minimum absolute atomic E-state index is 0.0538. The number of amides is 1. The van der Waals surface area contributed by atoms with E-state index >= 15 is 0 Å². The molecule has 0 radical (unpaired) electrons. The number of aromatic nitrogens is 4. The van der Waals surface area contributed by atoms with E-state index in [1.807, 2.05) is 0 Å². The topological polar surface area (TPSA) is 173 Å². The average Bonchev–Trinajstić information content (AvgIpc) is 3.62. The molecule has 5 rings (SSSR count). The van der Waals surface area contributed by atoms with Gasteiger partial charge >= 0.3 is 7.82 Å². The minimum atomic E-state index is -4.53. The third-order valence-electron chi connectivity index (χ3n) is 6.90. The van der Waals surface area contributed by atoms with Crippen LogP contribution in [0.2, 0.25) is 0 Å². The lowest BCUT2D eigenvalue weighted by Gasteiger charge is -2.24. The van der Waals surface area contributed by atoms with Gasteiger partial charge in [0.25, 0.3) is 0 Å². The van der Waals surface area contributed by atoms with Crippen LogP contribution in [0.1, 0.15) is 12.8 Å². The van der Waals surface area contributed by atoms with Gasteiger partial charge in [0.1, 0.15) is 36.8 Å². The number of methoxy groups -OCH3 is 1. The lowest BCUT2D eigenvalue weighted by molar-refractivity contribution is -0.116. The highest BCUT2D eigenvalue weighted by Gasteiger charge is 2.27. The van der Waals surface area contributed by atoms with Crippen LogP contribution in [0.25, 0.3) is 10.9 Å². The van der Waals surface area contributed by atoms with Gasteiger partial charge in [-0.25, -0.2) is 23.3 Å². The Balaban J connectivity index is 1.22. The van der Waals surface area contributed by atoms with Crippen LogP contribution in [0.15, 0.2) is 49.1 Å². The SMILES string of the molecule is COc1cc(OCCN2CCC[C@@H]2COP(=O)(O)O)cc2ncnc(Nc3cnn(CC(=O)Nc4cccc(F)c4F)c3)c12. The fourth-order valence-electron chi connectivity index (χ4n) is 4.90. The quantitative estimate of drug-likeness (QED) is 0.158. The Morgan fingerprint density at radius 3 is 2.86 bits per heavy atom. The zero-order valence-corrected chi connectivity index (χ0v) is 24.4. The predicted molar refractivity (Wildman–Crippen MR) is 155 cm³/mol. The Morgan fingerprint density at radius 1 is 1.23 bits per heavy atom.